The fourth-order valence-electron chi connectivity index (χ4n) is 1.47. The number of hydrogen-bond acceptors (Lipinski definition) is 2. The molecule has 0 aliphatic heterocycles. The Morgan fingerprint density at radius 3 is 2.67 bits per heavy atom. The SMILES string of the molecule is O=C(OCc1cccc(F)c1)c1cccc(Cl)c1. The van der Waals surface area contributed by atoms with Gasteiger partial charge >= 0.3 is 5.97 Å². The molecular formula is C14H10ClFO2. The Kier molecular flexibility index (Phi) is 3.95. The first-order valence-corrected chi connectivity index (χ1v) is 5.70. The molecule has 2 nitrogen and oxygen atoms in total. The van der Waals surface area contributed by atoms with Crippen molar-refractivity contribution in [3.8, 4) is 0 Å². The van der Waals surface area contributed by atoms with Crippen molar-refractivity contribution in [3.05, 3.63) is 70.5 Å². The van der Waals surface area contributed by atoms with Gasteiger partial charge in [0.15, 0.2) is 0 Å². The summed E-state index contributed by atoms with van der Waals surface area (Å²) in [5, 5.41) is 0.468. The molecule has 2 aromatic rings. The van der Waals surface area contributed by atoms with Crippen LogP contribution in [0.1, 0.15) is 15.9 Å². The Bertz CT molecular complexity index is 569. The summed E-state index contributed by atoms with van der Waals surface area (Å²) in [6.45, 7) is 0.0309. The fraction of sp³-hybridized carbons (Fsp3) is 0.0714. The molecule has 0 heterocycles. The van der Waals surface area contributed by atoms with E-state index < -0.39 is 5.97 Å². The summed E-state index contributed by atoms with van der Waals surface area (Å²) in [5.41, 5.74) is 0.976. The van der Waals surface area contributed by atoms with Crippen LogP contribution in [0.15, 0.2) is 48.5 Å². The monoisotopic (exact) mass is 264 g/mol. The Morgan fingerprint density at radius 2 is 1.94 bits per heavy atom. The van der Waals surface area contributed by atoms with Crippen LogP contribution in [-0.4, -0.2) is 5.97 Å². The summed E-state index contributed by atoms with van der Waals surface area (Å²) in [7, 11) is 0. The first-order valence-electron chi connectivity index (χ1n) is 5.32. The van der Waals surface area contributed by atoms with Crippen LogP contribution < -0.4 is 0 Å². The molecule has 18 heavy (non-hydrogen) atoms. The van der Waals surface area contributed by atoms with Crippen molar-refractivity contribution in [2.45, 2.75) is 6.61 Å². The molecular weight excluding hydrogens is 255 g/mol. The van der Waals surface area contributed by atoms with E-state index in [1.54, 1.807) is 30.3 Å². The molecule has 92 valence electrons. The zero-order chi connectivity index (χ0) is 13.0. The summed E-state index contributed by atoms with van der Waals surface area (Å²) in [5.74, 6) is -0.840. The summed E-state index contributed by atoms with van der Waals surface area (Å²) < 4.78 is 18.0. The van der Waals surface area contributed by atoms with E-state index in [4.69, 9.17) is 16.3 Å². The standard InChI is InChI=1S/C14H10ClFO2/c15-12-5-2-4-11(8-12)14(17)18-9-10-3-1-6-13(16)7-10/h1-8H,9H2. The molecule has 0 aliphatic rings. The zero-order valence-corrected chi connectivity index (χ0v) is 10.2. The van der Waals surface area contributed by atoms with Crippen LogP contribution in [0.2, 0.25) is 5.02 Å². The fourth-order valence-corrected chi connectivity index (χ4v) is 1.66. The molecule has 0 aliphatic carbocycles. The van der Waals surface area contributed by atoms with E-state index in [9.17, 15) is 9.18 Å². The quantitative estimate of drug-likeness (QED) is 0.788. The molecule has 0 spiro atoms. The van der Waals surface area contributed by atoms with Gasteiger partial charge in [0.05, 0.1) is 5.56 Å². The average Bonchev–Trinajstić information content (AvgIpc) is 2.36. The maximum absolute atomic E-state index is 12.9. The Balaban J connectivity index is 2.00. The maximum atomic E-state index is 12.9. The van der Waals surface area contributed by atoms with Crippen molar-refractivity contribution in [2.75, 3.05) is 0 Å². The van der Waals surface area contributed by atoms with E-state index in [0.717, 1.165) is 0 Å². The molecule has 4 heteroatoms. The third-order valence-corrected chi connectivity index (χ3v) is 2.55. The minimum Gasteiger partial charge on any atom is -0.457 e. The number of ether oxygens (including phenoxy) is 1. The van der Waals surface area contributed by atoms with Gasteiger partial charge in [-0.2, -0.15) is 0 Å². The first-order chi connectivity index (χ1) is 8.65. The minimum atomic E-state index is -0.484. The van der Waals surface area contributed by atoms with Crippen molar-refractivity contribution in [3.63, 3.8) is 0 Å². The van der Waals surface area contributed by atoms with Gasteiger partial charge in [0.2, 0.25) is 0 Å². The van der Waals surface area contributed by atoms with Gasteiger partial charge in [-0.1, -0.05) is 29.8 Å². The van der Waals surface area contributed by atoms with Gasteiger partial charge in [0.25, 0.3) is 0 Å². The highest BCUT2D eigenvalue weighted by Gasteiger charge is 2.07. The third-order valence-electron chi connectivity index (χ3n) is 2.32. The lowest BCUT2D eigenvalue weighted by Crippen LogP contribution is -2.05. The van der Waals surface area contributed by atoms with Crippen molar-refractivity contribution >= 4 is 17.6 Å². The summed E-state index contributed by atoms with van der Waals surface area (Å²) in [6, 6.07) is 12.4. The second kappa shape index (κ2) is 5.65. The Labute approximate surface area is 109 Å². The van der Waals surface area contributed by atoms with Gasteiger partial charge in [-0.05, 0) is 35.9 Å². The van der Waals surface area contributed by atoms with E-state index in [1.807, 2.05) is 0 Å². The molecule has 0 saturated heterocycles. The Morgan fingerprint density at radius 1 is 1.17 bits per heavy atom. The van der Waals surface area contributed by atoms with Gasteiger partial charge < -0.3 is 4.74 Å². The van der Waals surface area contributed by atoms with Crippen LogP contribution in [0, 0.1) is 5.82 Å². The van der Waals surface area contributed by atoms with Crippen LogP contribution >= 0.6 is 11.6 Å². The normalized spacial score (nSPS) is 10.1. The number of rotatable bonds is 3. The minimum absolute atomic E-state index is 0.0309. The topological polar surface area (TPSA) is 26.3 Å². The molecule has 0 unspecified atom stereocenters. The zero-order valence-electron chi connectivity index (χ0n) is 9.40. The third kappa shape index (κ3) is 3.31. The maximum Gasteiger partial charge on any atom is 0.338 e. The van der Waals surface area contributed by atoms with E-state index in [2.05, 4.69) is 0 Å². The van der Waals surface area contributed by atoms with Gasteiger partial charge in [-0.15, -0.1) is 0 Å². The molecule has 0 amide bonds. The molecule has 0 bridgehead atoms. The highest BCUT2D eigenvalue weighted by molar-refractivity contribution is 6.30. The molecule has 2 aromatic carbocycles. The predicted molar refractivity (Wildman–Crippen MR) is 67.0 cm³/mol. The lowest BCUT2D eigenvalue weighted by Gasteiger charge is -2.05. The number of carbonyl (C=O) groups is 1. The van der Waals surface area contributed by atoms with Gasteiger partial charge in [0.1, 0.15) is 12.4 Å². The highest BCUT2D eigenvalue weighted by Crippen LogP contribution is 2.13. The number of halogens is 2. The molecule has 0 atom stereocenters. The van der Waals surface area contributed by atoms with E-state index in [-0.39, 0.29) is 12.4 Å². The second-order valence-corrected chi connectivity index (χ2v) is 4.15. The lowest BCUT2D eigenvalue weighted by molar-refractivity contribution is 0.0472. The van der Waals surface area contributed by atoms with Crippen molar-refractivity contribution in [2.24, 2.45) is 0 Å². The molecule has 0 radical (unpaired) electrons. The smallest absolute Gasteiger partial charge is 0.338 e. The summed E-state index contributed by atoms with van der Waals surface area (Å²) in [4.78, 5) is 11.7. The van der Waals surface area contributed by atoms with Gasteiger partial charge in [0, 0.05) is 5.02 Å². The molecule has 0 N–H and O–H groups in total. The van der Waals surface area contributed by atoms with Crippen LogP contribution in [0.4, 0.5) is 4.39 Å². The van der Waals surface area contributed by atoms with Crippen molar-refractivity contribution in [1.29, 1.82) is 0 Å². The lowest BCUT2D eigenvalue weighted by atomic mass is 10.2. The van der Waals surface area contributed by atoms with Crippen LogP contribution in [-0.2, 0) is 11.3 Å². The van der Waals surface area contributed by atoms with Crippen LogP contribution in [0.25, 0.3) is 0 Å². The predicted octanol–water partition coefficient (Wildman–Crippen LogP) is 3.84. The Hall–Kier alpha value is -1.87. The number of esters is 1. The molecule has 0 aromatic heterocycles. The van der Waals surface area contributed by atoms with Crippen molar-refractivity contribution < 1.29 is 13.9 Å². The average molecular weight is 265 g/mol. The number of carbonyl (C=O) groups excluding carboxylic acids is 1. The van der Waals surface area contributed by atoms with Crippen molar-refractivity contribution in [1.82, 2.24) is 0 Å². The highest BCUT2D eigenvalue weighted by atomic mass is 35.5. The van der Waals surface area contributed by atoms with E-state index >= 15 is 0 Å². The van der Waals surface area contributed by atoms with E-state index in [0.29, 0.717) is 16.1 Å². The molecule has 0 saturated carbocycles. The number of benzene rings is 2. The van der Waals surface area contributed by atoms with Crippen LogP contribution in [0.5, 0.6) is 0 Å². The summed E-state index contributed by atoms with van der Waals surface area (Å²) in [6.07, 6.45) is 0. The van der Waals surface area contributed by atoms with Gasteiger partial charge in [-0.3, -0.25) is 0 Å². The number of hydrogen-bond donors (Lipinski definition) is 0. The van der Waals surface area contributed by atoms with Crippen LogP contribution in [0.3, 0.4) is 0 Å². The molecule has 2 rings (SSSR count). The van der Waals surface area contributed by atoms with E-state index in [1.165, 1.54) is 18.2 Å². The molecule has 0 fully saturated rings. The second-order valence-electron chi connectivity index (χ2n) is 3.72. The first kappa shape index (κ1) is 12.6. The largest absolute Gasteiger partial charge is 0.457 e. The summed E-state index contributed by atoms with van der Waals surface area (Å²) >= 11 is 5.77. The van der Waals surface area contributed by atoms with Gasteiger partial charge in [-0.25, -0.2) is 9.18 Å².